The van der Waals surface area contributed by atoms with Crippen molar-refractivity contribution >= 4 is 38.2 Å². The number of nitrogens with zero attached hydrogens (tertiary/aromatic N) is 1. The maximum absolute atomic E-state index is 13.1. The smallest absolute Gasteiger partial charge is 0.341 e. The lowest BCUT2D eigenvalue weighted by Crippen LogP contribution is -2.18. The van der Waals surface area contributed by atoms with Gasteiger partial charge in [-0.3, -0.25) is 0 Å². The van der Waals surface area contributed by atoms with Crippen molar-refractivity contribution in [2.75, 3.05) is 11.9 Å². The Kier molecular flexibility index (Phi) is 7.43. The van der Waals surface area contributed by atoms with Gasteiger partial charge in [0.15, 0.2) is 5.84 Å². The van der Waals surface area contributed by atoms with Crippen molar-refractivity contribution in [3.63, 3.8) is 0 Å². The second kappa shape index (κ2) is 10.7. The molecule has 178 valence electrons. The van der Waals surface area contributed by atoms with Crippen LogP contribution in [0, 0.1) is 6.92 Å². The number of anilines is 1. The molecule has 0 spiro atoms. The number of sulfonamides is 1. The number of esters is 1. The molecule has 0 unspecified atom stereocenters. The van der Waals surface area contributed by atoms with E-state index in [1.165, 1.54) is 23.5 Å². The molecule has 0 radical (unpaired) electrons. The van der Waals surface area contributed by atoms with E-state index in [1.54, 1.807) is 43.3 Å². The van der Waals surface area contributed by atoms with Gasteiger partial charge in [-0.05, 0) is 31.5 Å². The van der Waals surface area contributed by atoms with Crippen molar-refractivity contribution < 1.29 is 17.9 Å². The molecule has 1 heterocycles. The number of hydrogen-bond acceptors (Lipinski definition) is 5. The summed E-state index contributed by atoms with van der Waals surface area (Å²) in [5.41, 5.74) is 3.39. The van der Waals surface area contributed by atoms with Crippen LogP contribution in [0.15, 0.2) is 99.6 Å². The summed E-state index contributed by atoms with van der Waals surface area (Å²) >= 11 is 1.28. The molecule has 8 heteroatoms. The van der Waals surface area contributed by atoms with Crippen LogP contribution in [0.4, 0.5) is 5.00 Å². The molecular weight excluding hydrogens is 480 g/mol. The Bertz CT molecular complexity index is 1440. The van der Waals surface area contributed by atoms with Crippen molar-refractivity contribution in [3.8, 4) is 11.1 Å². The van der Waals surface area contributed by atoms with Gasteiger partial charge in [0.05, 0.1) is 11.5 Å². The van der Waals surface area contributed by atoms with Crippen molar-refractivity contribution in [1.29, 1.82) is 0 Å². The van der Waals surface area contributed by atoms with E-state index in [0.717, 1.165) is 11.1 Å². The van der Waals surface area contributed by atoms with Crippen LogP contribution in [-0.2, 0) is 14.8 Å². The molecule has 35 heavy (non-hydrogen) atoms. The molecule has 1 aromatic heterocycles. The lowest BCUT2D eigenvalue weighted by atomic mass is 10.0. The Labute approximate surface area is 209 Å². The topological polar surface area (TPSA) is 84.8 Å². The third kappa shape index (κ3) is 5.67. The molecule has 0 aliphatic carbocycles. The highest BCUT2D eigenvalue weighted by molar-refractivity contribution is 7.90. The summed E-state index contributed by atoms with van der Waals surface area (Å²) in [5.74, 6) is -0.387. The van der Waals surface area contributed by atoms with Gasteiger partial charge in [0.25, 0.3) is 10.0 Å². The molecule has 1 N–H and O–H groups in total. The first-order valence-corrected chi connectivity index (χ1v) is 13.3. The highest BCUT2D eigenvalue weighted by Gasteiger charge is 2.24. The van der Waals surface area contributed by atoms with E-state index < -0.39 is 16.0 Å². The monoisotopic (exact) mass is 504 g/mol. The molecule has 0 saturated heterocycles. The minimum atomic E-state index is -4.02. The molecule has 4 aromatic rings. The number of benzene rings is 3. The average Bonchev–Trinajstić information content (AvgIpc) is 3.29. The molecule has 0 saturated carbocycles. The molecule has 4 rings (SSSR count). The Morgan fingerprint density at radius 1 is 0.943 bits per heavy atom. The van der Waals surface area contributed by atoms with Crippen LogP contribution in [0.5, 0.6) is 0 Å². The zero-order valence-corrected chi connectivity index (χ0v) is 20.9. The number of amidine groups is 1. The lowest BCUT2D eigenvalue weighted by molar-refractivity contribution is 0.0529. The van der Waals surface area contributed by atoms with E-state index in [4.69, 9.17) is 4.74 Å². The van der Waals surface area contributed by atoms with E-state index in [0.29, 0.717) is 21.7 Å². The molecule has 6 nitrogen and oxygen atoms in total. The van der Waals surface area contributed by atoms with Crippen LogP contribution >= 0.6 is 11.3 Å². The minimum Gasteiger partial charge on any atom is -0.462 e. The molecule has 0 aliphatic rings. The standard InChI is InChI=1S/C27H24N2O4S2/c1-3-33-27(30)24-23(20-10-6-4-7-11-20)18-34-26(24)28-25(21-12-8-5-9-13-21)29-35(31,32)22-16-14-19(2)15-17-22/h4-18H,3H2,1-2H3,(H,28,29). The highest BCUT2D eigenvalue weighted by atomic mass is 32.2. The van der Waals surface area contributed by atoms with Crippen molar-refractivity contribution in [3.05, 3.63) is 107 Å². The van der Waals surface area contributed by atoms with Crippen molar-refractivity contribution in [2.45, 2.75) is 18.7 Å². The Hall–Kier alpha value is -3.75. The van der Waals surface area contributed by atoms with Gasteiger partial charge in [0.1, 0.15) is 10.6 Å². The third-order valence-electron chi connectivity index (χ3n) is 5.16. The predicted molar refractivity (Wildman–Crippen MR) is 141 cm³/mol. The molecule has 0 aliphatic heterocycles. The minimum absolute atomic E-state index is 0.0834. The number of hydrogen-bond donors (Lipinski definition) is 1. The molecule has 0 amide bonds. The van der Waals surface area contributed by atoms with Crippen molar-refractivity contribution in [2.24, 2.45) is 4.40 Å². The average molecular weight is 505 g/mol. The van der Waals surface area contributed by atoms with Gasteiger partial charge in [0, 0.05) is 16.5 Å². The van der Waals surface area contributed by atoms with Gasteiger partial charge in [-0.1, -0.05) is 78.4 Å². The first-order chi connectivity index (χ1) is 16.9. The van der Waals surface area contributed by atoms with E-state index in [-0.39, 0.29) is 17.3 Å². The second-order valence-corrected chi connectivity index (χ2v) is 10.1. The molecule has 0 bridgehead atoms. The summed E-state index contributed by atoms with van der Waals surface area (Å²) in [7, 11) is -4.02. The predicted octanol–water partition coefficient (Wildman–Crippen LogP) is 6.15. The number of carbonyl (C=O) groups is 1. The number of ether oxygens (including phenoxy) is 1. The number of carbonyl (C=O) groups excluding carboxylic acids is 1. The summed E-state index contributed by atoms with van der Waals surface area (Å²) in [4.78, 5) is 13.0. The Balaban J connectivity index is 1.82. The summed E-state index contributed by atoms with van der Waals surface area (Å²) in [6.07, 6.45) is 0. The second-order valence-electron chi connectivity index (χ2n) is 7.66. The summed E-state index contributed by atoms with van der Waals surface area (Å²) < 4.78 is 35.8. The largest absolute Gasteiger partial charge is 0.462 e. The fourth-order valence-corrected chi connectivity index (χ4v) is 5.35. The molecule has 0 atom stereocenters. The Morgan fingerprint density at radius 3 is 2.20 bits per heavy atom. The van der Waals surface area contributed by atoms with Gasteiger partial charge in [0.2, 0.25) is 0 Å². The van der Waals surface area contributed by atoms with E-state index in [2.05, 4.69) is 9.71 Å². The highest BCUT2D eigenvalue weighted by Crippen LogP contribution is 2.36. The van der Waals surface area contributed by atoms with Crippen LogP contribution < -0.4 is 5.32 Å². The van der Waals surface area contributed by atoms with E-state index in [9.17, 15) is 13.2 Å². The lowest BCUT2D eigenvalue weighted by Gasteiger charge is -2.12. The normalized spacial score (nSPS) is 11.8. The fraction of sp³-hybridized carbons (Fsp3) is 0.111. The van der Waals surface area contributed by atoms with Gasteiger partial charge in [-0.2, -0.15) is 8.42 Å². The number of aryl methyl sites for hydroxylation is 1. The van der Waals surface area contributed by atoms with E-state index >= 15 is 0 Å². The first kappa shape index (κ1) is 24.4. The zero-order valence-electron chi connectivity index (χ0n) is 19.3. The van der Waals surface area contributed by atoms with Crippen LogP contribution in [0.2, 0.25) is 0 Å². The summed E-state index contributed by atoms with van der Waals surface area (Å²) in [6.45, 7) is 3.84. The number of nitrogens with one attached hydrogen (secondary N) is 1. The van der Waals surface area contributed by atoms with E-state index in [1.807, 2.05) is 48.7 Å². The van der Waals surface area contributed by atoms with Gasteiger partial charge in [-0.25, -0.2) is 4.79 Å². The van der Waals surface area contributed by atoms with Gasteiger partial charge in [-0.15, -0.1) is 15.7 Å². The molecule has 3 aromatic carbocycles. The van der Waals surface area contributed by atoms with Crippen LogP contribution in [0.1, 0.15) is 28.4 Å². The van der Waals surface area contributed by atoms with Gasteiger partial charge < -0.3 is 10.1 Å². The third-order valence-corrected chi connectivity index (χ3v) is 7.35. The molecular formula is C27H24N2O4S2. The van der Waals surface area contributed by atoms with Gasteiger partial charge >= 0.3 is 5.97 Å². The summed E-state index contributed by atoms with van der Waals surface area (Å²) in [6, 6.07) is 24.9. The quantitative estimate of drug-likeness (QED) is 0.185. The maximum Gasteiger partial charge on any atom is 0.341 e. The van der Waals surface area contributed by atoms with Crippen molar-refractivity contribution in [1.82, 2.24) is 0 Å². The number of thiophene rings is 1. The first-order valence-electron chi connectivity index (χ1n) is 11.0. The van der Waals surface area contributed by atoms with Crippen LogP contribution in [0.25, 0.3) is 11.1 Å². The molecule has 0 fully saturated rings. The maximum atomic E-state index is 13.1. The fourth-order valence-electron chi connectivity index (χ4n) is 3.42. The Morgan fingerprint density at radius 2 is 1.57 bits per heavy atom. The summed E-state index contributed by atoms with van der Waals surface area (Å²) in [5, 5.41) is 5.42. The van der Waals surface area contributed by atoms with Crippen LogP contribution in [0.3, 0.4) is 0 Å². The van der Waals surface area contributed by atoms with Crippen LogP contribution in [-0.4, -0.2) is 26.8 Å². The zero-order chi connectivity index (χ0) is 24.8. The SMILES string of the molecule is CCOC(=O)c1c(-c2ccccc2)csc1N/C(=N/S(=O)(=O)c1ccc(C)cc1)c1ccccc1. The number of rotatable bonds is 7.